The number of isocyanates is 1. The molecule has 0 amide bonds. The molecule has 10 heteroatoms. The summed E-state index contributed by atoms with van der Waals surface area (Å²) in [6.45, 7) is -0.609. The Morgan fingerprint density at radius 3 is 2.76 bits per heavy atom. The van der Waals surface area contributed by atoms with Crippen LogP contribution in [0.1, 0.15) is 0 Å². The SMILES string of the molecule is COc1ccc(Cl)cc1S(=O)(=O)NCC(N=C=O)C(=O)O. The lowest BCUT2D eigenvalue weighted by molar-refractivity contribution is -0.138. The summed E-state index contributed by atoms with van der Waals surface area (Å²) in [4.78, 5) is 23.6. The molecular weight excluding hydrogens is 324 g/mol. The van der Waals surface area contributed by atoms with Gasteiger partial charge in [-0.1, -0.05) is 11.6 Å². The zero-order valence-corrected chi connectivity index (χ0v) is 12.3. The molecule has 0 aliphatic heterocycles. The number of nitrogens with zero attached hydrogens (tertiary/aromatic N) is 1. The predicted molar refractivity (Wildman–Crippen MR) is 72.7 cm³/mol. The summed E-state index contributed by atoms with van der Waals surface area (Å²) in [7, 11) is -2.81. The number of carbonyl (C=O) groups is 1. The highest BCUT2D eigenvalue weighted by Gasteiger charge is 2.24. The Morgan fingerprint density at radius 1 is 1.57 bits per heavy atom. The minimum atomic E-state index is -4.09. The van der Waals surface area contributed by atoms with E-state index >= 15 is 0 Å². The van der Waals surface area contributed by atoms with Crippen LogP contribution in [-0.4, -0.2) is 45.3 Å². The van der Waals surface area contributed by atoms with Crippen molar-refractivity contribution in [3.63, 3.8) is 0 Å². The van der Waals surface area contributed by atoms with Crippen LogP contribution in [0.4, 0.5) is 0 Å². The van der Waals surface area contributed by atoms with Gasteiger partial charge in [-0.3, -0.25) is 0 Å². The molecule has 0 heterocycles. The number of carbonyl (C=O) groups excluding carboxylic acids is 1. The number of sulfonamides is 1. The van der Waals surface area contributed by atoms with E-state index < -0.39 is 28.6 Å². The van der Waals surface area contributed by atoms with Gasteiger partial charge in [0.25, 0.3) is 0 Å². The lowest BCUT2D eigenvalue weighted by Gasteiger charge is -2.12. The number of carboxylic acids is 1. The molecule has 0 bridgehead atoms. The highest BCUT2D eigenvalue weighted by Crippen LogP contribution is 2.26. The van der Waals surface area contributed by atoms with Crippen molar-refractivity contribution in [1.82, 2.24) is 4.72 Å². The first-order valence-corrected chi connectivity index (χ1v) is 7.31. The molecule has 1 rings (SSSR count). The van der Waals surface area contributed by atoms with E-state index in [0.29, 0.717) is 0 Å². The van der Waals surface area contributed by atoms with Crippen molar-refractivity contribution in [3.05, 3.63) is 23.2 Å². The number of methoxy groups -OCH3 is 1. The number of rotatable bonds is 7. The second-order valence-electron chi connectivity index (χ2n) is 3.72. The summed E-state index contributed by atoms with van der Waals surface area (Å²) in [6, 6.07) is 2.38. The Morgan fingerprint density at radius 2 is 2.24 bits per heavy atom. The Balaban J connectivity index is 3.04. The van der Waals surface area contributed by atoms with Crippen molar-refractivity contribution in [1.29, 1.82) is 0 Å². The molecule has 2 N–H and O–H groups in total. The maximum absolute atomic E-state index is 12.1. The van der Waals surface area contributed by atoms with Crippen LogP contribution in [-0.2, 0) is 19.6 Å². The quantitative estimate of drug-likeness (QED) is 0.550. The number of carboxylic acid groups (broad SMARTS) is 1. The first-order chi connectivity index (χ1) is 9.81. The molecule has 1 atom stereocenters. The number of aliphatic carboxylic acids is 1. The van der Waals surface area contributed by atoms with Crippen molar-refractivity contribution in [3.8, 4) is 5.75 Å². The minimum Gasteiger partial charge on any atom is -0.495 e. The van der Waals surface area contributed by atoms with Crippen molar-refractivity contribution in [2.45, 2.75) is 10.9 Å². The molecule has 0 aliphatic carbocycles. The Bertz CT molecular complexity index is 682. The third kappa shape index (κ3) is 4.54. The normalized spacial score (nSPS) is 12.3. The maximum atomic E-state index is 12.1. The third-order valence-electron chi connectivity index (χ3n) is 2.38. The summed E-state index contributed by atoms with van der Waals surface area (Å²) in [5.41, 5.74) is 0. The van der Waals surface area contributed by atoms with Crippen LogP contribution in [0.15, 0.2) is 28.1 Å². The number of hydrogen-bond donors (Lipinski definition) is 2. The van der Waals surface area contributed by atoms with E-state index in [2.05, 4.69) is 4.99 Å². The van der Waals surface area contributed by atoms with Crippen LogP contribution in [0.25, 0.3) is 0 Å². The van der Waals surface area contributed by atoms with E-state index in [4.69, 9.17) is 21.4 Å². The van der Waals surface area contributed by atoms with Gasteiger partial charge in [-0.05, 0) is 18.2 Å². The van der Waals surface area contributed by atoms with E-state index in [-0.39, 0.29) is 15.7 Å². The highest BCUT2D eigenvalue weighted by molar-refractivity contribution is 7.89. The summed E-state index contributed by atoms with van der Waals surface area (Å²) in [5.74, 6) is -1.42. The largest absolute Gasteiger partial charge is 0.495 e. The van der Waals surface area contributed by atoms with Crippen molar-refractivity contribution in [2.24, 2.45) is 4.99 Å². The molecule has 114 valence electrons. The van der Waals surface area contributed by atoms with Crippen molar-refractivity contribution >= 4 is 33.7 Å². The molecule has 8 nitrogen and oxygen atoms in total. The Kier molecular flexibility index (Phi) is 5.86. The zero-order valence-electron chi connectivity index (χ0n) is 10.7. The molecular formula is C11H11ClN2O6S. The molecule has 0 spiro atoms. The van der Waals surface area contributed by atoms with Gasteiger partial charge in [0, 0.05) is 11.6 Å². The highest BCUT2D eigenvalue weighted by atomic mass is 35.5. The van der Waals surface area contributed by atoms with Gasteiger partial charge >= 0.3 is 5.97 Å². The van der Waals surface area contributed by atoms with E-state index in [1.54, 1.807) is 0 Å². The topological polar surface area (TPSA) is 122 Å². The number of benzene rings is 1. The molecule has 1 aromatic carbocycles. The molecule has 1 unspecified atom stereocenters. The van der Waals surface area contributed by atoms with Crippen molar-refractivity contribution < 1.29 is 27.9 Å². The Hall–Kier alpha value is -1.93. The molecule has 0 radical (unpaired) electrons. The molecule has 0 aromatic heterocycles. The van der Waals surface area contributed by atoms with Gasteiger partial charge in [-0.25, -0.2) is 22.7 Å². The standard InChI is InChI=1S/C11H11ClN2O6S/c1-20-9-3-2-7(12)4-10(9)21(18,19)14-5-8(11(16)17)13-6-15/h2-4,8,14H,5H2,1H3,(H,16,17). The van der Waals surface area contributed by atoms with E-state index in [0.717, 1.165) is 12.1 Å². The van der Waals surface area contributed by atoms with Gasteiger partial charge in [0.15, 0.2) is 6.04 Å². The van der Waals surface area contributed by atoms with Gasteiger partial charge < -0.3 is 9.84 Å². The van der Waals surface area contributed by atoms with E-state index in [1.165, 1.54) is 19.2 Å². The first kappa shape index (κ1) is 17.1. The van der Waals surface area contributed by atoms with Gasteiger partial charge in [-0.2, -0.15) is 4.99 Å². The number of ether oxygens (including phenoxy) is 1. The zero-order chi connectivity index (χ0) is 16.0. The summed E-state index contributed by atoms with van der Waals surface area (Å²) in [6.07, 6.45) is 1.07. The van der Waals surface area contributed by atoms with Gasteiger partial charge in [-0.15, -0.1) is 0 Å². The number of hydrogen-bond acceptors (Lipinski definition) is 6. The molecule has 21 heavy (non-hydrogen) atoms. The summed E-state index contributed by atoms with van der Waals surface area (Å²) in [5, 5.41) is 8.93. The lowest BCUT2D eigenvalue weighted by Crippen LogP contribution is -2.35. The van der Waals surface area contributed by atoms with Crippen LogP contribution in [0.3, 0.4) is 0 Å². The molecule has 0 saturated carbocycles. The molecule has 0 fully saturated rings. The number of aliphatic imine (C=N–C) groups is 1. The average Bonchev–Trinajstić information content (AvgIpc) is 2.43. The second kappa shape index (κ2) is 7.19. The number of nitrogens with one attached hydrogen (secondary N) is 1. The summed E-state index contributed by atoms with van der Waals surface area (Å²) < 4.78 is 31.2. The van der Waals surface area contributed by atoms with Crippen LogP contribution in [0.5, 0.6) is 5.75 Å². The molecule has 1 aromatic rings. The van der Waals surface area contributed by atoms with Crippen molar-refractivity contribution in [2.75, 3.05) is 13.7 Å². The van der Waals surface area contributed by atoms with E-state index in [1.807, 2.05) is 4.72 Å². The van der Waals surface area contributed by atoms with E-state index in [9.17, 15) is 18.0 Å². The monoisotopic (exact) mass is 334 g/mol. The molecule has 0 aliphatic rings. The smallest absolute Gasteiger partial charge is 0.330 e. The van der Waals surface area contributed by atoms with Crippen LogP contribution in [0, 0.1) is 0 Å². The summed E-state index contributed by atoms with van der Waals surface area (Å²) >= 11 is 5.73. The fourth-order valence-electron chi connectivity index (χ4n) is 1.38. The fraction of sp³-hybridized carbons (Fsp3) is 0.273. The van der Waals surface area contributed by atoms with Crippen LogP contribution >= 0.6 is 11.6 Å². The second-order valence-corrected chi connectivity index (χ2v) is 5.89. The van der Waals surface area contributed by atoms with Gasteiger partial charge in [0.05, 0.1) is 7.11 Å². The van der Waals surface area contributed by atoms with Gasteiger partial charge in [0.1, 0.15) is 10.6 Å². The van der Waals surface area contributed by atoms with Gasteiger partial charge in [0.2, 0.25) is 16.1 Å². The Labute approximate surface area is 125 Å². The first-order valence-electron chi connectivity index (χ1n) is 5.45. The van der Waals surface area contributed by atoms with Crippen LogP contribution < -0.4 is 9.46 Å². The average molecular weight is 335 g/mol. The predicted octanol–water partition coefficient (Wildman–Crippen LogP) is 0.416. The minimum absolute atomic E-state index is 0.0395. The fourth-order valence-corrected chi connectivity index (χ4v) is 2.85. The third-order valence-corrected chi connectivity index (χ3v) is 4.06. The van der Waals surface area contributed by atoms with Crippen LogP contribution in [0.2, 0.25) is 5.02 Å². The lowest BCUT2D eigenvalue weighted by atomic mass is 10.3. The maximum Gasteiger partial charge on any atom is 0.330 e. The molecule has 0 saturated heterocycles. The number of halogens is 1.